The van der Waals surface area contributed by atoms with Gasteiger partial charge in [0, 0.05) is 35.6 Å². The Kier molecular flexibility index (Phi) is 3.37. The standard InChI is InChI=1S/C16H13N3O/c20-16-13(10-14-8-4-5-9-17-14)11-18-15(19-16)12-6-2-1-3-7-12/h1-9,11H,10H2,(H,18,19,20). The van der Waals surface area contributed by atoms with E-state index >= 15 is 0 Å². The van der Waals surface area contributed by atoms with Gasteiger partial charge in [-0.3, -0.25) is 9.78 Å². The maximum atomic E-state index is 12.1. The van der Waals surface area contributed by atoms with Crippen LogP contribution in [0, 0.1) is 0 Å². The average Bonchev–Trinajstić information content (AvgIpc) is 2.51. The van der Waals surface area contributed by atoms with Crippen LogP contribution >= 0.6 is 0 Å². The summed E-state index contributed by atoms with van der Waals surface area (Å²) in [5.74, 6) is 0.584. The predicted molar refractivity (Wildman–Crippen MR) is 77.3 cm³/mol. The third-order valence-electron chi connectivity index (χ3n) is 3.02. The second-order valence-electron chi connectivity index (χ2n) is 4.45. The van der Waals surface area contributed by atoms with Gasteiger partial charge in [-0.25, -0.2) is 4.98 Å². The van der Waals surface area contributed by atoms with Crippen LogP contribution in [0.3, 0.4) is 0 Å². The molecule has 0 unspecified atom stereocenters. The van der Waals surface area contributed by atoms with E-state index in [-0.39, 0.29) is 5.56 Å². The lowest BCUT2D eigenvalue weighted by molar-refractivity contribution is 0.997. The van der Waals surface area contributed by atoms with E-state index < -0.39 is 0 Å². The van der Waals surface area contributed by atoms with Crippen molar-refractivity contribution in [1.29, 1.82) is 0 Å². The minimum atomic E-state index is -0.121. The highest BCUT2D eigenvalue weighted by atomic mass is 16.1. The molecule has 2 aromatic heterocycles. The molecule has 3 rings (SSSR count). The minimum Gasteiger partial charge on any atom is -0.306 e. The Morgan fingerprint density at radius 2 is 1.75 bits per heavy atom. The lowest BCUT2D eigenvalue weighted by Crippen LogP contribution is -2.15. The molecule has 98 valence electrons. The van der Waals surface area contributed by atoms with Crippen molar-refractivity contribution in [2.45, 2.75) is 6.42 Å². The van der Waals surface area contributed by atoms with Crippen LogP contribution in [0.5, 0.6) is 0 Å². The van der Waals surface area contributed by atoms with Crippen molar-refractivity contribution in [2.75, 3.05) is 0 Å². The van der Waals surface area contributed by atoms with Crippen LogP contribution in [0.1, 0.15) is 11.3 Å². The average molecular weight is 263 g/mol. The van der Waals surface area contributed by atoms with Crippen molar-refractivity contribution < 1.29 is 0 Å². The number of hydrogen-bond donors (Lipinski definition) is 1. The highest BCUT2D eigenvalue weighted by Crippen LogP contribution is 2.12. The highest BCUT2D eigenvalue weighted by Gasteiger charge is 2.05. The molecule has 2 heterocycles. The van der Waals surface area contributed by atoms with Gasteiger partial charge in [-0.05, 0) is 12.1 Å². The van der Waals surface area contributed by atoms with Crippen molar-refractivity contribution >= 4 is 0 Å². The van der Waals surface area contributed by atoms with E-state index in [0.29, 0.717) is 17.8 Å². The van der Waals surface area contributed by atoms with E-state index in [9.17, 15) is 4.79 Å². The van der Waals surface area contributed by atoms with Crippen LogP contribution < -0.4 is 5.56 Å². The van der Waals surface area contributed by atoms with Crippen LogP contribution in [-0.4, -0.2) is 15.0 Å². The van der Waals surface area contributed by atoms with Gasteiger partial charge in [-0.2, -0.15) is 0 Å². The molecule has 0 aliphatic heterocycles. The van der Waals surface area contributed by atoms with E-state index in [4.69, 9.17) is 0 Å². The molecule has 0 amide bonds. The highest BCUT2D eigenvalue weighted by molar-refractivity contribution is 5.54. The number of nitrogens with zero attached hydrogens (tertiary/aromatic N) is 2. The van der Waals surface area contributed by atoms with E-state index in [0.717, 1.165) is 11.3 Å². The number of H-pyrrole nitrogens is 1. The Morgan fingerprint density at radius 3 is 2.45 bits per heavy atom. The largest absolute Gasteiger partial charge is 0.306 e. The van der Waals surface area contributed by atoms with Gasteiger partial charge in [0.15, 0.2) is 0 Å². The molecule has 0 aliphatic rings. The number of pyridine rings is 1. The minimum absolute atomic E-state index is 0.121. The molecule has 1 aromatic carbocycles. The Hall–Kier alpha value is -2.75. The third kappa shape index (κ3) is 2.64. The van der Waals surface area contributed by atoms with Crippen molar-refractivity contribution in [2.24, 2.45) is 0 Å². The normalized spacial score (nSPS) is 10.4. The molecule has 0 saturated heterocycles. The van der Waals surface area contributed by atoms with Crippen LogP contribution in [-0.2, 0) is 6.42 Å². The fraction of sp³-hybridized carbons (Fsp3) is 0.0625. The molecular formula is C16H13N3O. The van der Waals surface area contributed by atoms with Gasteiger partial charge in [0.05, 0.1) is 0 Å². The van der Waals surface area contributed by atoms with Crippen LogP contribution in [0.15, 0.2) is 65.7 Å². The Morgan fingerprint density at radius 1 is 0.950 bits per heavy atom. The zero-order valence-electron chi connectivity index (χ0n) is 10.8. The first kappa shape index (κ1) is 12.3. The number of aromatic amines is 1. The summed E-state index contributed by atoms with van der Waals surface area (Å²) in [6, 6.07) is 15.2. The molecule has 0 bridgehead atoms. The molecular weight excluding hydrogens is 250 g/mol. The molecule has 20 heavy (non-hydrogen) atoms. The van der Waals surface area contributed by atoms with E-state index in [1.165, 1.54) is 0 Å². The van der Waals surface area contributed by atoms with Crippen molar-refractivity contribution in [1.82, 2.24) is 15.0 Å². The number of hydrogen-bond acceptors (Lipinski definition) is 3. The summed E-state index contributed by atoms with van der Waals surface area (Å²) in [4.78, 5) is 23.5. The molecule has 0 saturated carbocycles. The Bertz CT molecular complexity index is 751. The topological polar surface area (TPSA) is 58.6 Å². The molecule has 4 nitrogen and oxygen atoms in total. The fourth-order valence-electron chi connectivity index (χ4n) is 1.99. The van der Waals surface area contributed by atoms with Crippen LogP contribution in [0.25, 0.3) is 11.4 Å². The quantitative estimate of drug-likeness (QED) is 0.789. The van der Waals surface area contributed by atoms with E-state index in [1.807, 2.05) is 48.5 Å². The maximum absolute atomic E-state index is 12.1. The smallest absolute Gasteiger partial charge is 0.254 e. The molecule has 1 N–H and O–H groups in total. The van der Waals surface area contributed by atoms with Crippen molar-refractivity contribution in [3.63, 3.8) is 0 Å². The lowest BCUT2D eigenvalue weighted by Gasteiger charge is -2.03. The first-order chi connectivity index (χ1) is 9.83. The maximum Gasteiger partial charge on any atom is 0.254 e. The Balaban J connectivity index is 1.91. The molecule has 4 heteroatoms. The molecule has 0 atom stereocenters. The second kappa shape index (κ2) is 5.48. The summed E-state index contributed by atoms with van der Waals surface area (Å²) in [7, 11) is 0. The van der Waals surface area contributed by atoms with Gasteiger partial charge in [0.25, 0.3) is 5.56 Å². The molecule has 0 spiro atoms. The van der Waals surface area contributed by atoms with Gasteiger partial charge in [0.1, 0.15) is 5.82 Å². The summed E-state index contributed by atoms with van der Waals surface area (Å²) < 4.78 is 0. The van der Waals surface area contributed by atoms with Gasteiger partial charge >= 0.3 is 0 Å². The predicted octanol–water partition coefficient (Wildman–Crippen LogP) is 2.42. The molecule has 0 fully saturated rings. The summed E-state index contributed by atoms with van der Waals surface area (Å²) in [6.07, 6.45) is 3.82. The first-order valence-electron chi connectivity index (χ1n) is 6.36. The summed E-state index contributed by atoms with van der Waals surface area (Å²) >= 11 is 0. The second-order valence-corrected chi connectivity index (χ2v) is 4.45. The lowest BCUT2D eigenvalue weighted by atomic mass is 10.1. The first-order valence-corrected chi connectivity index (χ1v) is 6.36. The summed E-state index contributed by atoms with van der Waals surface area (Å²) in [6.45, 7) is 0. The van der Waals surface area contributed by atoms with Crippen molar-refractivity contribution in [3.05, 3.63) is 82.5 Å². The molecule has 0 radical (unpaired) electrons. The van der Waals surface area contributed by atoms with Gasteiger partial charge < -0.3 is 4.98 Å². The van der Waals surface area contributed by atoms with Gasteiger partial charge in [0.2, 0.25) is 0 Å². The molecule has 3 aromatic rings. The van der Waals surface area contributed by atoms with Crippen LogP contribution in [0.2, 0.25) is 0 Å². The van der Waals surface area contributed by atoms with Crippen molar-refractivity contribution in [3.8, 4) is 11.4 Å². The monoisotopic (exact) mass is 263 g/mol. The number of aromatic nitrogens is 3. The fourth-order valence-corrected chi connectivity index (χ4v) is 1.99. The van der Waals surface area contributed by atoms with Crippen LogP contribution in [0.4, 0.5) is 0 Å². The third-order valence-corrected chi connectivity index (χ3v) is 3.02. The number of benzene rings is 1. The molecule has 0 aliphatic carbocycles. The van der Waals surface area contributed by atoms with E-state index in [1.54, 1.807) is 12.4 Å². The van der Waals surface area contributed by atoms with Gasteiger partial charge in [-0.1, -0.05) is 36.4 Å². The van der Waals surface area contributed by atoms with E-state index in [2.05, 4.69) is 15.0 Å². The van der Waals surface area contributed by atoms with Gasteiger partial charge in [-0.15, -0.1) is 0 Å². The summed E-state index contributed by atoms with van der Waals surface area (Å²) in [5.41, 5.74) is 2.24. The number of nitrogens with one attached hydrogen (secondary N) is 1. The Labute approximate surface area is 116 Å². The zero-order chi connectivity index (χ0) is 13.8. The summed E-state index contributed by atoms with van der Waals surface area (Å²) in [5, 5.41) is 0. The zero-order valence-corrected chi connectivity index (χ0v) is 10.8. The number of rotatable bonds is 3. The SMILES string of the molecule is O=c1[nH]c(-c2ccccc2)ncc1Cc1ccccn1.